The first-order chi connectivity index (χ1) is 8.61. The quantitative estimate of drug-likeness (QED) is 0.758. The third-order valence-corrected chi connectivity index (χ3v) is 4.22. The second-order valence-corrected chi connectivity index (χ2v) is 5.83. The van der Waals surface area contributed by atoms with Gasteiger partial charge in [0.15, 0.2) is 0 Å². The van der Waals surface area contributed by atoms with Crippen LogP contribution in [0.4, 0.5) is 0 Å². The lowest BCUT2D eigenvalue weighted by Gasteiger charge is -2.34. The van der Waals surface area contributed by atoms with E-state index in [1.807, 2.05) is 6.92 Å². The molecule has 2 aliphatic rings. The molecule has 0 bridgehead atoms. The van der Waals surface area contributed by atoms with Gasteiger partial charge in [-0.25, -0.2) is 0 Å². The lowest BCUT2D eigenvalue weighted by atomic mass is 9.80. The molecule has 2 saturated carbocycles. The van der Waals surface area contributed by atoms with Crippen molar-refractivity contribution in [1.29, 1.82) is 0 Å². The van der Waals surface area contributed by atoms with Crippen LogP contribution in [0.25, 0.3) is 0 Å². The first-order valence-corrected chi connectivity index (χ1v) is 7.22. The minimum absolute atomic E-state index is 0.0790. The van der Waals surface area contributed by atoms with E-state index >= 15 is 0 Å². The Morgan fingerprint density at radius 3 is 2.67 bits per heavy atom. The fourth-order valence-electron chi connectivity index (χ4n) is 3.02. The molecule has 4 heteroatoms. The Morgan fingerprint density at radius 1 is 1.39 bits per heavy atom. The van der Waals surface area contributed by atoms with Crippen molar-refractivity contribution in [3.8, 4) is 0 Å². The largest absolute Gasteiger partial charge is 0.388 e. The number of nitrogens with one attached hydrogen (secondary N) is 1. The van der Waals surface area contributed by atoms with E-state index in [0.717, 1.165) is 45.1 Å². The summed E-state index contributed by atoms with van der Waals surface area (Å²) in [7, 11) is 0. The second-order valence-electron chi connectivity index (χ2n) is 5.83. The normalized spacial score (nSPS) is 29.9. The van der Waals surface area contributed by atoms with Crippen molar-refractivity contribution < 1.29 is 14.6 Å². The molecule has 0 aliphatic heterocycles. The molecular formula is C14H25NO3. The van der Waals surface area contributed by atoms with Crippen molar-refractivity contribution in [2.45, 2.75) is 63.6 Å². The highest BCUT2D eigenvalue weighted by Crippen LogP contribution is 2.33. The van der Waals surface area contributed by atoms with Crippen LogP contribution >= 0.6 is 0 Å². The van der Waals surface area contributed by atoms with Crippen LogP contribution < -0.4 is 5.32 Å². The maximum absolute atomic E-state index is 11.7. The number of amides is 1. The summed E-state index contributed by atoms with van der Waals surface area (Å²) in [5.74, 6) is 0.551. The van der Waals surface area contributed by atoms with Crippen LogP contribution in [-0.2, 0) is 9.53 Å². The first kappa shape index (κ1) is 13.8. The minimum Gasteiger partial charge on any atom is -0.388 e. The highest BCUT2D eigenvalue weighted by Gasteiger charge is 2.33. The average Bonchev–Trinajstić information content (AvgIpc) is 2.72. The number of carbonyl (C=O) groups is 1. The fraction of sp³-hybridized carbons (Fsp3) is 0.929. The van der Waals surface area contributed by atoms with Crippen molar-refractivity contribution in [3.05, 3.63) is 0 Å². The third-order valence-electron chi connectivity index (χ3n) is 4.22. The topological polar surface area (TPSA) is 58.6 Å². The predicted molar refractivity (Wildman–Crippen MR) is 69.2 cm³/mol. The molecule has 1 amide bonds. The molecule has 0 spiro atoms. The Bertz CT molecular complexity index is 281. The van der Waals surface area contributed by atoms with Gasteiger partial charge in [-0.2, -0.15) is 0 Å². The molecule has 4 nitrogen and oxygen atoms in total. The SMILES string of the molecule is CCOC1CC(CC(=O)NCC2(O)CCCC2)C1. The van der Waals surface area contributed by atoms with E-state index in [0.29, 0.717) is 25.0 Å². The number of rotatable bonds is 6. The van der Waals surface area contributed by atoms with Crippen LogP contribution in [0.2, 0.25) is 0 Å². The first-order valence-electron chi connectivity index (χ1n) is 7.22. The van der Waals surface area contributed by atoms with Gasteiger partial charge >= 0.3 is 0 Å². The van der Waals surface area contributed by atoms with E-state index < -0.39 is 5.60 Å². The van der Waals surface area contributed by atoms with Gasteiger partial charge in [0.2, 0.25) is 5.91 Å². The van der Waals surface area contributed by atoms with Crippen LogP contribution in [0.5, 0.6) is 0 Å². The van der Waals surface area contributed by atoms with Crippen molar-refractivity contribution in [2.24, 2.45) is 5.92 Å². The second kappa shape index (κ2) is 6.02. The zero-order valence-corrected chi connectivity index (χ0v) is 11.3. The molecule has 0 aromatic heterocycles. The summed E-state index contributed by atoms with van der Waals surface area (Å²) in [5, 5.41) is 13.0. The van der Waals surface area contributed by atoms with Crippen LogP contribution in [0.1, 0.15) is 51.9 Å². The van der Waals surface area contributed by atoms with Crippen LogP contribution in [0, 0.1) is 5.92 Å². The lowest BCUT2D eigenvalue weighted by Crippen LogP contribution is -2.42. The van der Waals surface area contributed by atoms with Gasteiger partial charge in [-0.15, -0.1) is 0 Å². The van der Waals surface area contributed by atoms with Crippen LogP contribution in [-0.4, -0.2) is 35.9 Å². The highest BCUT2D eigenvalue weighted by molar-refractivity contribution is 5.76. The number of carbonyl (C=O) groups excluding carboxylic acids is 1. The molecule has 0 radical (unpaired) electrons. The maximum atomic E-state index is 11.7. The molecular weight excluding hydrogens is 230 g/mol. The van der Waals surface area contributed by atoms with E-state index in [-0.39, 0.29) is 5.91 Å². The number of aliphatic hydroxyl groups is 1. The molecule has 0 saturated heterocycles. The van der Waals surface area contributed by atoms with Gasteiger partial charge < -0.3 is 15.2 Å². The summed E-state index contributed by atoms with van der Waals surface area (Å²) in [6, 6.07) is 0. The van der Waals surface area contributed by atoms with Gasteiger partial charge in [-0.3, -0.25) is 4.79 Å². The Morgan fingerprint density at radius 2 is 2.06 bits per heavy atom. The van der Waals surface area contributed by atoms with Crippen molar-refractivity contribution in [1.82, 2.24) is 5.32 Å². The standard InChI is InChI=1S/C14H25NO3/c1-2-18-12-7-11(8-12)9-13(16)15-10-14(17)5-3-4-6-14/h11-12,17H,2-10H2,1H3,(H,15,16). The predicted octanol–water partition coefficient (Wildman–Crippen LogP) is 1.61. The molecule has 2 rings (SSSR count). The van der Waals surface area contributed by atoms with Crippen molar-refractivity contribution in [2.75, 3.05) is 13.2 Å². The number of ether oxygens (including phenoxy) is 1. The maximum Gasteiger partial charge on any atom is 0.220 e. The fourth-order valence-corrected chi connectivity index (χ4v) is 3.02. The Labute approximate surface area is 109 Å². The summed E-state index contributed by atoms with van der Waals surface area (Å²) in [6.07, 6.45) is 6.76. The summed E-state index contributed by atoms with van der Waals surface area (Å²) >= 11 is 0. The molecule has 18 heavy (non-hydrogen) atoms. The van der Waals surface area contributed by atoms with Gasteiger partial charge in [-0.1, -0.05) is 12.8 Å². The smallest absolute Gasteiger partial charge is 0.220 e. The third kappa shape index (κ3) is 3.69. The molecule has 0 aromatic rings. The lowest BCUT2D eigenvalue weighted by molar-refractivity contribution is -0.125. The zero-order chi connectivity index (χ0) is 13.0. The summed E-state index contributed by atoms with van der Waals surface area (Å²) in [5.41, 5.74) is -0.636. The summed E-state index contributed by atoms with van der Waals surface area (Å²) in [6.45, 7) is 3.19. The average molecular weight is 255 g/mol. The molecule has 2 aliphatic carbocycles. The van der Waals surface area contributed by atoms with E-state index in [4.69, 9.17) is 4.74 Å². The summed E-state index contributed by atoms with van der Waals surface area (Å²) < 4.78 is 5.48. The van der Waals surface area contributed by atoms with Gasteiger partial charge in [0, 0.05) is 19.6 Å². The van der Waals surface area contributed by atoms with Gasteiger partial charge in [0.25, 0.3) is 0 Å². The molecule has 2 fully saturated rings. The zero-order valence-electron chi connectivity index (χ0n) is 11.3. The Balaban J connectivity index is 1.59. The molecule has 2 N–H and O–H groups in total. The van der Waals surface area contributed by atoms with Crippen molar-refractivity contribution >= 4 is 5.91 Å². The van der Waals surface area contributed by atoms with Crippen LogP contribution in [0.15, 0.2) is 0 Å². The van der Waals surface area contributed by atoms with Crippen LogP contribution in [0.3, 0.4) is 0 Å². The van der Waals surface area contributed by atoms with E-state index in [1.165, 1.54) is 0 Å². The monoisotopic (exact) mass is 255 g/mol. The number of hydrogen-bond donors (Lipinski definition) is 2. The molecule has 0 aromatic carbocycles. The summed E-state index contributed by atoms with van der Waals surface area (Å²) in [4.78, 5) is 11.7. The van der Waals surface area contributed by atoms with Gasteiger partial charge in [0.05, 0.1) is 11.7 Å². The molecule has 0 unspecified atom stereocenters. The van der Waals surface area contributed by atoms with Gasteiger partial charge in [0.1, 0.15) is 0 Å². The minimum atomic E-state index is -0.636. The van der Waals surface area contributed by atoms with Crippen molar-refractivity contribution in [3.63, 3.8) is 0 Å². The Hall–Kier alpha value is -0.610. The Kier molecular flexibility index (Phi) is 4.62. The molecule has 0 heterocycles. The van der Waals surface area contributed by atoms with Gasteiger partial charge in [-0.05, 0) is 38.5 Å². The number of hydrogen-bond acceptors (Lipinski definition) is 3. The van der Waals surface area contributed by atoms with E-state index in [1.54, 1.807) is 0 Å². The van der Waals surface area contributed by atoms with E-state index in [9.17, 15) is 9.90 Å². The molecule has 104 valence electrons. The van der Waals surface area contributed by atoms with E-state index in [2.05, 4.69) is 5.32 Å². The highest BCUT2D eigenvalue weighted by atomic mass is 16.5. The molecule has 0 atom stereocenters.